The third-order valence-corrected chi connectivity index (χ3v) is 13.0. The van der Waals surface area contributed by atoms with E-state index in [0.717, 1.165) is 97.0 Å². The zero-order chi connectivity index (χ0) is 37.5. The van der Waals surface area contributed by atoms with Gasteiger partial charge >= 0.3 is 0 Å². The Morgan fingerprint density at radius 2 is 0.982 bits per heavy atom. The van der Waals surface area contributed by atoms with E-state index in [0.29, 0.717) is 17.5 Å². The van der Waals surface area contributed by atoms with E-state index in [1.165, 1.54) is 4.70 Å². The first kappa shape index (κ1) is 32.1. The number of thiophene rings is 2. The van der Waals surface area contributed by atoms with Gasteiger partial charge in [0.25, 0.3) is 0 Å². The van der Waals surface area contributed by atoms with Crippen molar-refractivity contribution in [2.45, 2.75) is 0 Å². The quantitative estimate of drug-likeness (QED) is 0.174. The number of benzene rings is 7. The molecule has 0 bridgehead atoms. The molecule has 0 spiro atoms. The monoisotopic (exact) mass is 765 g/mol. The van der Waals surface area contributed by atoms with Gasteiger partial charge in [-0.2, -0.15) is 0 Å². The Kier molecular flexibility index (Phi) is 7.17. The minimum absolute atomic E-state index is 0.559. The largest absolute Gasteiger partial charge is 0.455 e. The second kappa shape index (κ2) is 12.7. The molecule has 0 unspecified atom stereocenters. The molecule has 5 aromatic heterocycles. The zero-order valence-corrected chi connectivity index (χ0v) is 31.7. The molecule has 0 atom stereocenters. The van der Waals surface area contributed by atoms with E-state index in [1.54, 1.807) is 22.7 Å². The van der Waals surface area contributed by atoms with Gasteiger partial charge in [-0.15, -0.1) is 22.7 Å². The predicted molar refractivity (Wildman–Crippen MR) is 236 cm³/mol. The fraction of sp³-hybridized carbons (Fsp3) is 0. The standard InChI is InChI=1S/C49H27N5OS2/c1-3-13-28(14-4-1)41-45-42(34-18-8-10-24-39(34)57-45)51-49(50-41)36-22-12-20-33-37-27-30(25-26-40(37)56-44(33)36)47-52-46(29-15-5-2-6-16-29)53-48(54-47)35-21-11-19-32-31-17-7-9-23-38(31)55-43(32)35/h1-27H. The first-order chi connectivity index (χ1) is 28.2. The molecule has 5 heterocycles. The van der Waals surface area contributed by atoms with Gasteiger partial charge in [-0.1, -0.05) is 121 Å². The third kappa shape index (κ3) is 5.19. The zero-order valence-electron chi connectivity index (χ0n) is 30.0. The number of aromatic nitrogens is 5. The molecule has 12 aromatic rings. The number of nitrogens with zero attached hydrogens (tertiary/aromatic N) is 5. The maximum atomic E-state index is 6.44. The highest BCUT2D eigenvalue weighted by Gasteiger charge is 2.21. The summed E-state index contributed by atoms with van der Waals surface area (Å²) < 4.78 is 11.0. The molecule has 8 heteroatoms. The van der Waals surface area contributed by atoms with Crippen molar-refractivity contribution >= 4 is 85.1 Å². The summed E-state index contributed by atoms with van der Waals surface area (Å²) in [5.74, 6) is 2.47. The number of para-hydroxylation sites is 2. The molecular weight excluding hydrogens is 739 g/mol. The number of hydrogen-bond donors (Lipinski definition) is 0. The number of rotatable bonds is 5. The summed E-state index contributed by atoms with van der Waals surface area (Å²) in [6.45, 7) is 0. The van der Waals surface area contributed by atoms with Crippen molar-refractivity contribution in [2.75, 3.05) is 0 Å². The topological polar surface area (TPSA) is 77.6 Å². The van der Waals surface area contributed by atoms with Crippen LogP contribution in [-0.2, 0) is 0 Å². The lowest BCUT2D eigenvalue weighted by molar-refractivity contribution is 0.669. The molecule has 0 amide bonds. The van der Waals surface area contributed by atoms with Gasteiger partial charge in [0.05, 0.1) is 21.5 Å². The van der Waals surface area contributed by atoms with Gasteiger partial charge in [-0.3, -0.25) is 0 Å². The first-order valence-corrected chi connectivity index (χ1v) is 20.3. The molecule has 7 aromatic carbocycles. The molecule has 0 aliphatic carbocycles. The lowest BCUT2D eigenvalue weighted by Gasteiger charge is -2.09. The van der Waals surface area contributed by atoms with Crippen LogP contribution in [0, 0.1) is 0 Å². The van der Waals surface area contributed by atoms with Crippen molar-refractivity contribution in [3.05, 3.63) is 164 Å². The maximum Gasteiger partial charge on any atom is 0.167 e. The van der Waals surface area contributed by atoms with Crippen LogP contribution in [-0.4, -0.2) is 24.9 Å². The molecule has 0 fully saturated rings. The highest BCUT2D eigenvalue weighted by Crippen LogP contribution is 2.44. The molecule has 0 saturated carbocycles. The summed E-state index contributed by atoms with van der Waals surface area (Å²) in [5.41, 5.74) is 8.25. The summed E-state index contributed by atoms with van der Waals surface area (Å²) in [6, 6.07) is 56.2. The van der Waals surface area contributed by atoms with Crippen LogP contribution < -0.4 is 0 Å². The van der Waals surface area contributed by atoms with Crippen LogP contribution in [0.5, 0.6) is 0 Å². The van der Waals surface area contributed by atoms with E-state index in [2.05, 4.69) is 97.1 Å². The van der Waals surface area contributed by atoms with E-state index in [1.807, 2.05) is 66.7 Å². The lowest BCUT2D eigenvalue weighted by atomic mass is 10.1. The van der Waals surface area contributed by atoms with Crippen LogP contribution in [0.15, 0.2) is 168 Å². The summed E-state index contributed by atoms with van der Waals surface area (Å²) >= 11 is 3.51. The molecule has 0 N–H and O–H groups in total. The van der Waals surface area contributed by atoms with Crippen molar-refractivity contribution in [1.82, 2.24) is 24.9 Å². The van der Waals surface area contributed by atoms with E-state index < -0.39 is 0 Å². The van der Waals surface area contributed by atoms with Gasteiger partial charge in [0.1, 0.15) is 11.2 Å². The summed E-state index contributed by atoms with van der Waals surface area (Å²) in [5, 5.41) is 5.50. The van der Waals surface area contributed by atoms with Crippen molar-refractivity contribution in [3.63, 3.8) is 0 Å². The first-order valence-electron chi connectivity index (χ1n) is 18.7. The van der Waals surface area contributed by atoms with Gasteiger partial charge in [0, 0.05) is 63.3 Å². The number of hydrogen-bond acceptors (Lipinski definition) is 8. The third-order valence-electron chi connectivity index (χ3n) is 10.6. The Morgan fingerprint density at radius 3 is 1.82 bits per heavy atom. The average Bonchev–Trinajstić information content (AvgIpc) is 3.98. The Bertz CT molecular complexity index is 3540. The normalized spacial score (nSPS) is 11.9. The highest BCUT2D eigenvalue weighted by atomic mass is 32.1. The van der Waals surface area contributed by atoms with Crippen LogP contribution >= 0.6 is 22.7 Å². The minimum atomic E-state index is 0.559. The second-order valence-electron chi connectivity index (χ2n) is 14.0. The smallest absolute Gasteiger partial charge is 0.167 e. The molecular formula is C49H27N5OS2. The fourth-order valence-electron chi connectivity index (χ4n) is 7.88. The van der Waals surface area contributed by atoms with Crippen molar-refractivity contribution in [2.24, 2.45) is 0 Å². The molecule has 0 aliphatic rings. The Morgan fingerprint density at radius 1 is 0.368 bits per heavy atom. The maximum absolute atomic E-state index is 6.44. The number of fused-ring (bicyclic) bond motifs is 9. The van der Waals surface area contributed by atoms with Crippen LogP contribution in [0.4, 0.5) is 0 Å². The van der Waals surface area contributed by atoms with Gasteiger partial charge in [0.15, 0.2) is 23.3 Å². The molecule has 12 rings (SSSR count). The van der Waals surface area contributed by atoms with E-state index in [-0.39, 0.29) is 0 Å². The van der Waals surface area contributed by atoms with Crippen LogP contribution in [0.25, 0.3) is 119 Å². The van der Waals surface area contributed by atoms with Crippen LogP contribution in [0.2, 0.25) is 0 Å². The second-order valence-corrected chi connectivity index (χ2v) is 16.1. The summed E-state index contributed by atoms with van der Waals surface area (Å²) in [6.07, 6.45) is 0. The Labute approximate surface area is 333 Å². The van der Waals surface area contributed by atoms with Crippen LogP contribution in [0.3, 0.4) is 0 Å². The van der Waals surface area contributed by atoms with Crippen molar-refractivity contribution < 1.29 is 4.42 Å². The molecule has 0 saturated heterocycles. The van der Waals surface area contributed by atoms with Gasteiger partial charge < -0.3 is 4.42 Å². The molecule has 0 radical (unpaired) electrons. The van der Waals surface area contributed by atoms with Crippen molar-refractivity contribution in [1.29, 1.82) is 0 Å². The Balaban J connectivity index is 1.04. The molecule has 266 valence electrons. The Hall–Kier alpha value is -7.13. The summed E-state index contributed by atoms with van der Waals surface area (Å²) in [7, 11) is 0. The van der Waals surface area contributed by atoms with E-state index >= 15 is 0 Å². The fourth-order valence-corrected chi connectivity index (χ4v) is 10.2. The van der Waals surface area contributed by atoms with E-state index in [4.69, 9.17) is 29.3 Å². The average molecular weight is 766 g/mol. The van der Waals surface area contributed by atoms with Crippen LogP contribution in [0.1, 0.15) is 0 Å². The summed E-state index contributed by atoms with van der Waals surface area (Å²) in [4.78, 5) is 25.9. The minimum Gasteiger partial charge on any atom is -0.455 e. The lowest BCUT2D eigenvalue weighted by Crippen LogP contribution is -2.00. The van der Waals surface area contributed by atoms with Gasteiger partial charge in [0.2, 0.25) is 0 Å². The molecule has 57 heavy (non-hydrogen) atoms. The molecule has 6 nitrogen and oxygen atoms in total. The van der Waals surface area contributed by atoms with Gasteiger partial charge in [-0.05, 0) is 42.5 Å². The number of furan rings is 1. The highest BCUT2D eigenvalue weighted by molar-refractivity contribution is 7.26. The van der Waals surface area contributed by atoms with Crippen molar-refractivity contribution in [3.8, 4) is 56.8 Å². The predicted octanol–water partition coefficient (Wildman–Crippen LogP) is 13.6. The SMILES string of the molecule is c1ccc(-c2nc(-c3ccc4sc5c(-c6nc(-c7ccccc7)c7sc8ccccc8c7n6)cccc5c4c3)nc(-c3cccc4c3oc3ccccc34)n2)cc1. The van der Waals surface area contributed by atoms with Gasteiger partial charge in [-0.25, -0.2) is 24.9 Å². The molecule has 0 aliphatic heterocycles. The van der Waals surface area contributed by atoms with E-state index in [9.17, 15) is 0 Å².